The fraction of sp³-hybridized carbons (Fsp3) is 0.364. The highest BCUT2D eigenvalue weighted by atomic mass is 15.1. The third-order valence-corrected chi connectivity index (χ3v) is 4.54. The summed E-state index contributed by atoms with van der Waals surface area (Å²) in [4.78, 5) is 2.48. The van der Waals surface area contributed by atoms with Crippen LogP contribution in [0.1, 0.15) is 43.4 Å². The van der Waals surface area contributed by atoms with E-state index < -0.39 is 0 Å². The molecule has 0 atom stereocenters. The zero-order chi connectivity index (χ0) is 17.4. The Morgan fingerprint density at radius 1 is 0.875 bits per heavy atom. The minimum absolute atomic E-state index is 0.998. The Kier molecular flexibility index (Phi) is 7.33. The van der Waals surface area contributed by atoms with Gasteiger partial charge in [-0.05, 0) is 81.6 Å². The average molecular weight is 322 g/mol. The van der Waals surface area contributed by atoms with Crippen LogP contribution in [0.25, 0.3) is 0 Å². The van der Waals surface area contributed by atoms with Gasteiger partial charge in [-0.15, -0.1) is 0 Å². The van der Waals surface area contributed by atoms with Gasteiger partial charge in [0.25, 0.3) is 0 Å². The summed E-state index contributed by atoms with van der Waals surface area (Å²) in [5, 5.41) is 3.43. The van der Waals surface area contributed by atoms with Gasteiger partial charge in [-0.25, -0.2) is 0 Å². The van der Waals surface area contributed by atoms with Crippen LogP contribution in [0.4, 0.5) is 11.4 Å². The average Bonchev–Trinajstić information content (AvgIpc) is 2.59. The van der Waals surface area contributed by atoms with Gasteiger partial charge >= 0.3 is 0 Å². The van der Waals surface area contributed by atoms with Crippen molar-refractivity contribution >= 4 is 11.4 Å². The van der Waals surface area contributed by atoms with E-state index in [2.05, 4.69) is 56.1 Å². The Labute approximate surface area is 147 Å². The molecule has 24 heavy (non-hydrogen) atoms. The number of aryl methyl sites for hydroxylation is 1. The Balaban J connectivity index is 1.89. The highest BCUT2D eigenvalue weighted by molar-refractivity contribution is 5.67. The van der Waals surface area contributed by atoms with Gasteiger partial charge in [-0.1, -0.05) is 44.2 Å². The topological polar surface area (TPSA) is 15.3 Å². The Hall–Kier alpha value is -1.80. The molecule has 1 N–H and O–H groups in total. The van der Waals surface area contributed by atoms with E-state index in [0.29, 0.717) is 0 Å². The number of nitrogens with zero attached hydrogens (tertiary/aromatic N) is 1. The third-order valence-electron chi connectivity index (χ3n) is 4.54. The summed E-state index contributed by atoms with van der Waals surface area (Å²) in [6, 6.07) is 14.6. The number of anilines is 2. The Morgan fingerprint density at radius 3 is 2.25 bits per heavy atom. The van der Waals surface area contributed by atoms with Crippen LogP contribution in [0, 0.1) is 13.8 Å². The van der Waals surface area contributed by atoms with E-state index in [4.69, 9.17) is 0 Å². The molecule has 0 aromatic heterocycles. The monoisotopic (exact) mass is 322 g/mol. The highest BCUT2D eigenvalue weighted by Gasteiger charge is 2.04. The smallest absolute Gasteiger partial charge is 0.0417 e. The van der Waals surface area contributed by atoms with Crippen molar-refractivity contribution in [2.24, 2.45) is 0 Å². The first-order valence-electron chi connectivity index (χ1n) is 8.99. The zero-order valence-corrected chi connectivity index (χ0v) is 15.1. The van der Waals surface area contributed by atoms with Crippen molar-refractivity contribution in [3.05, 3.63) is 73.0 Å². The predicted molar refractivity (Wildman–Crippen MR) is 106 cm³/mol. The highest BCUT2D eigenvalue weighted by Crippen LogP contribution is 2.24. The minimum atomic E-state index is 0.998. The van der Waals surface area contributed by atoms with Crippen LogP contribution in [0.2, 0.25) is 0 Å². The Bertz CT molecular complexity index is 630. The summed E-state index contributed by atoms with van der Waals surface area (Å²) in [5.41, 5.74) is 5.50. The van der Waals surface area contributed by atoms with Gasteiger partial charge in [-0.2, -0.15) is 0 Å². The van der Waals surface area contributed by atoms with E-state index in [1.54, 1.807) is 0 Å². The molecule has 2 heteroatoms. The standard InChI is InChI=1S/C22H30N2/c1-5-24(6-2)16-10-9-12-20-14-15-22(19(4)17-20)23-21-13-8-7-11-18(21)3/h7-8,11,13-15,17,23H,3-6,9-10,12,16H2,1-2H3. The van der Waals surface area contributed by atoms with Crippen molar-refractivity contribution < 1.29 is 0 Å². The lowest BCUT2D eigenvalue weighted by molar-refractivity contribution is 0.297. The first kappa shape index (κ1) is 18.5. The molecule has 0 bridgehead atoms. The van der Waals surface area contributed by atoms with E-state index in [0.717, 1.165) is 42.0 Å². The number of para-hydroxylation sites is 1. The molecule has 128 valence electrons. The van der Waals surface area contributed by atoms with Crippen molar-refractivity contribution in [2.75, 3.05) is 25.0 Å². The van der Waals surface area contributed by atoms with Gasteiger partial charge in [0.15, 0.2) is 0 Å². The van der Waals surface area contributed by atoms with Crippen LogP contribution >= 0.6 is 0 Å². The number of nitrogens with one attached hydrogen (secondary N) is 1. The van der Waals surface area contributed by atoms with E-state index in [-0.39, 0.29) is 0 Å². The molecule has 0 aliphatic rings. The molecular weight excluding hydrogens is 292 g/mol. The summed E-state index contributed by atoms with van der Waals surface area (Å²) in [6.45, 7) is 16.2. The first-order valence-corrected chi connectivity index (χ1v) is 8.99. The van der Waals surface area contributed by atoms with Crippen LogP contribution in [0.3, 0.4) is 0 Å². The van der Waals surface area contributed by atoms with E-state index >= 15 is 0 Å². The van der Waals surface area contributed by atoms with Crippen molar-refractivity contribution in [1.29, 1.82) is 0 Å². The molecule has 2 aromatic rings. The SMILES string of the molecule is [CH2]c1ccccc1Nc1ccc(CCCCN(CC)CC)cc1[CH2]. The van der Waals surface area contributed by atoms with Crippen LogP contribution in [0.15, 0.2) is 42.5 Å². The van der Waals surface area contributed by atoms with Crippen LogP contribution in [0.5, 0.6) is 0 Å². The van der Waals surface area contributed by atoms with Gasteiger partial charge in [0.05, 0.1) is 0 Å². The molecule has 0 aliphatic carbocycles. The number of rotatable bonds is 9. The summed E-state index contributed by atoms with van der Waals surface area (Å²) in [6.07, 6.45) is 3.60. The van der Waals surface area contributed by atoms with Crippen molar-refractivity contribution in [1.82, 2.24) is 4.90 Å². The van der Waals surface area contributed by atoms with Gasteiger partial charge in [0.1, 0.15) is 0 Å². The lowest BCUT2D eigenvalue weighted by Gasteiger charge is -2.17. The minimum Gasteiger partial charge on any atom is -0.355 e. The fourth-order valence-electron chi connectivity index (χ4n) is 2.92. The number of hydrogen-bond acceptors (Lipinski definition) is 2. The second-order valence-corrected chi connectivity index (χ2v) is 6.26. The molecule has 0 fully saturated rings. The predicted octanol–water partition coefficient (Wildman–Crippen LogP) is 5.46. The molecule has 2 radical (unpaired) electrons. The number of benzene rings is 2. The molecule has 2 aromatic carbocycles. The summed E-state index contributed by atoms with van der Waals surface area (Å²) in [5.74, 6) is 0. The van der Waals surface area contributed by atoms with Gasteiger partial charge in [0.2, 0.25) is 0 Å². The maximum absolute atomic E-state index is 4.20. The van der Waals surface area contributed by atoms with Crippen LogP contribution < -0.4 is 5.32 Å². The normalized spacial score (nSPS) is 11.0. The van der Waals surface area contributed by atoms with Crippen LogP contribution in [-0.4, -0.2) is 24.5 Å². The molecular formula is C22H30N2. The molecule has 2 rings (SSSR count). The van der Waals surface area contributed by atoms with Gasteiger partial charge in [0, 0.05) is 11.4 Å². The molecule has 0 saturated heterocycles. The zero-order valence-electron chi connectivity index (χ0n) is 15.1. The lowest BCUT2D eigenvalue weighted by atomic mass is 10.0. The first-order chi connectivity index (χ1) is 11.6. The molecule has 0 heterocycles. The van der Waals surface area contributed by atoms with E-state index in [9.17, 15) is 0 Å². The third kappa shape index (κ3) is 5.38. The van der Waals surface area contributed by atoms with Crippen molar-refractivity contribution in [3.63, 3.8) is 0 Å². The molecule has 0 unspecified atom stereocenters. The Morgan fingerprint density at radius 2 is 1.58 bits per heavy atom. The fourth-order valence-corrected chi connectivity index (χ4v) is 2.92. The lowest BCUT2D eigenvalue weighted by Crippen LogP contribution is -2.23. The van der Waals surface area contributed by atoms with Gasteiger partial charge < -0.3 is 10.2 Å². The summed E-state index contributed by atoms with van der Waals surface area (Å²) >= 11 is 0. The quantitative estimate of drug-likeness (QED) is 0.617. The van der Waals surface area contributed by atoms with E-state index in [1.807, 2.05) is 24.3 Å². The molecule has 0 spiro atoms. The second kappa shape index (κ2) is 9.48. The second-order valence-electron chi connectivity index (χ2n) is 6.26. The maximum atomic E-state index is 4.20. The molecule has 2 nitrogen and oxygen atoms in total. The van der Waals surface area contributed by atoms with E-state index in [1.165, 1.54) is 24.9 Å². The van der Waals surface area contributed by atoms with Crippen LogP contribution in [-0.2, 0) is 6.42 Å². The maximum Gasteiger partial charge on any atom is 0.0417 e. The summed E-state index contributed by atoms with van der Waals surface area (Å²) in [7, 11) is 0. The number of hydrogen-bond donors (Lipinski definition) is 1. The van der Waals surface area contributed by atoms with Crippen molar-refractivity contribution in [2.45, 2.75) is 33.1 Å². The molecule has 0 saturated carbocycles. The molecule has 0 amide bonds. The molecule has 0 aliphatic heterocycles. The summed E-state index contributed by atoms with van der Waals surface area (Å²) < 4.78 is 0. The number of unbranched alkanes of at least 4 members (excludes halogenated alkanes) is 1. The largest absolute Gasteiger partial charge is 0.355 e. The van der Waals surface area contributed by atoms with Crippen molar-refractivity contribution in [3.8, 4) is 0 Å². The van der Waals surface area contributed by atoms with Gasteiger partial charge in [-0.3, -0.25) is 0 Å².